The third kappa shape index (κ3) is 6.33. The molecular formula is C27H21ClFN3O7. The molecule has 1 aliphatic heterocycles. The van der Waals surface area contributed by atoms with Gasteiger partial charge in [0.1, 0.15) is 24.7 Å². The first-order chi connectivity index (χ1) is 18.7. The standard InChI is InChI=1S/C27H21ClFN3O7/c1-38-22-12-16(10-18(28)24(22)39-14-15-6-8-17(9-7-15)26(35)36)11-21-25(34)32(27(37)31-21)13-23(33)30-20-5-3-2-4-19(20)29/h2-12H,13-14H2,1H3,(H,30,33)(H,31,37)(H,35,36). The van der Waals surface area contributed by atoms with Gasteiger partial charge in [0.25, 0.3) is 5.91 Å². The minimum absolute atomic E-state index is 0.0772. The summed E-state index contributed by atoms with van der Waals surface area (Å²) in [5, 5.41) is 13.9. The number of hydrogen-bond acceptors (Lipinski definition) is 6. The molecule has 39 heavy (non-hydrogen) atoms. The number of nitrogens with zero attached hydrogens (tertiary/aromatic N) is 1. The summed E-state index contributed by atoms with van der Waals surface area (Å²) in [6.07, 6.45) is 1.36. The molecular weight excluding hydrogens is 533 g/mol. The maximum Gasteiger partial charge on any atom is 0.335 e. The zero-order chi connectivity index (χ0) is 28.1. The van der Waals surface area contributed by atoms with E-state index in [1.165, 1.54) is 61.7 Å². The monoisotopic (exact) mass is 553 g/mol. The lowest BCUT2D eigenvalue weighted by atomic mass is 10.1. The summed E-state index contributed by atoms with van der Waals surface area (Å²) in [4.78, 5) is 49.2. The van der Waals surface area contributed by atoms with Gasteiger partial charge >= 0.3 is 12.0 Å². The Morgan fingerprint density at radius 2 is 1.85 bits per heavy atom. The highest BCUT2D eigenvalue weighted by molar-refractivity contribution is 6.32. The summed E-state index contributed by atoms with van der Waals surface area (Å²) in [7, 11) is 1.40. The van der Waals surface area contributed by atoms with Crippen LogP contribution in [0.3, 0.4) is 0 Å². The van der Waals surface area contributed by atoms with Gasteiger partial charge < -0.3 is 25.2 Å². The second-order valence-corrected chi connectivity index (χ2v) is 8.64. The van der Waals surface area contributed by atoms with Crippen molar-refractivity contribution in [2.45, 2.75) is 6.61 Å². The molecule has 1 fully saturated rings. The number of amides is 4. The van der Waals surface area contributed by atoms with Crippen molar-refractivity contribution in [2.24, 2.45) is 0 Å². The number of hydrogen-bond donors (Lipinski definition) is 3. The molecule has 0 aliphatic carbocycles. The topological polar surface area (TPSA) is 134 Å². The fraction of sp³-hybridized carbons (Fsp3) is 0.111. The van der Waals surface area contributed by atoms with Crippen LogP contribution in [0.5, 0.6) is 11.5 Å². The van der Waals surface area contributed by atoms with Crippen LogP contribution in [0, 0.1) is 5.82 Å². The number of urea groups is 1. The Balaban J connectivity index is 1.46. The molecule has 200 valence electrons. The van der Waals surface area contributed by atoms with Gasteiger partial charge in [0.2, 0.25) is 5.91 Å². The van der Waals surface area contributed by atoms with Crippen molar-refractivity contribution in [3.05, 3.63) is 93.9 Å². The van der Waals surface area contributed by atoms with Crippen molar-refractivity contribution in [3.8, 4) is 11.5 Å². The van der Waals surface area contributed by atoms with Gasteiger partial charge in [-0.1, -0.05) is 35.9 Å². The van der Waals surface area contributed by atoms with Crippen LogP contribution < -0.4 is 20.1 Å². The van der Waals surface area contributed by atoms with Crippen molar-refractivity contribution in [2.75, 3.05) is 19.0 Å². The van der Waals surface area contributed by atoms with Gasteiger partial charge in [0.05, 0.1) is 23.4 Å². The minimum Gasteiger partial charge on any atom is -0.493 e. The molecule has 1 saturated heterocycles. The van der Waals surface area contributed by atoms with Gasteiger partial charge in [0.15, 0.2) is 11.5 Å². The summed E-state index contributed by atoms with van der Waals surface area (Å²) in [5.41, 5.74) is 1.05. The molecule has 0 spiro atoms. The zero-order valence-corrected chi connectivity index (χ0v) is 21.1. The fourth-order valence-electron chi connectivity index (χ4n) is 3.64. The van der Waals surface area contributed by atoms with Gasteiger partial charge in [-0.2, -0.15) is 0 Å². The molecule has 3 N–H and O–H groups in total. The molecule has 1 heterocycles. The van der Waals surface area contributed by atoms with Crippen molar-refractivity contribution >= 4 is 47.2 Å². The highest BCUT2D eigenvalue weighted by Crippen LogP contribution is 2.37. The first-order valence-electron chi connectivity index (χ1n) is 11.4. The largest absolute Gasteiger partial charge is 0.493 e. The number of anilines is 1. The number of carbonyl (C=O) groups excluding carboxylic acids is 3. The highest BCUT2D eigenvalue weighted by Gasteiger charge is 2.35. The summed E-state index contributed by atoms with van der Waals surface area (Å²) in [6, 6.07) is 13.8. The predicted octanol–water partition coefficient (Wildman–Crippen LogP) is 4.30. The minimum atomic E-state index is -1.04. The molecule has 0 unspecified atom stereocenters. The van der Waals surface area contributed by atoms with E-state index < -0.39 is 36.2 Å². The van der Waals surface area contributed by atoms with Gasteiger partial charge in [-0.25, -0.2) is 18.9 Å². The number of ether oxygens (including phenoxy) is 2. The smallest absolute Gasteiger partial charge is 0.335 e. The van der Waals surface area contributed by atoms with Gasteiger partial charge in [0, 0.05) is 0 Å². The lowest BCUT2D eigenvalue weighted by molar-refractivity contribution is -0.127. The van der Waals surface area contributed by atoms with Crippen molar-refractivity contribution in [1.82, 2.24) is 10.2 Å². The van der Waals surface area contributed by atoms with Crippen LogP contribution in [0.4, 0.5) is 14.9 Å². The van der Waals surface area contributed by atoms with Crippen molar-refractivity contribution < 1.29 is 38.1 Å². The second kappa shape index (κ2) is 11.7. The van der Waals surface area contributed by atoms with Crippen molar-refractivity contribution in [3.63, 3.8) is 0 Å². The van der Waals surface area contributed by atoms with E-state index in [2.05, 4.69) is 10.6 Å². The Kier molecular flexibility index (Phi) is 8.11. The Hall–Kier alpha value is -4.90. The Labute approximate surface area is 226 Å². The van der Waals surface area contributed by atoms with E-state index in [4.69, 9.17) is 26.2 Å². The maximum atomic E-state index is 13.8. The molecule has 3 aromatic carbocycles. The molecule has 1 aliphatic rings. The van der Waals surface area contributed by atoms with Crippen LogP contribution in [0.2, 0.25) is 5.02 Å². The Morgan fingerprint density at radius 1 is 1.13 bits per heavy atom. The van der Waals surface area contributed by atoms with E-state index in [9.17, 15) is 23.6 Å². The molecule has 0 atom stereocenters. The van der Waals surface area contributed by atoms with Crippen LogP contribution in [-0.4, -0.2) is 47.5 Å². The average molecular weight is 554 g/mol. The molecule has 0 radical (unpaired) electrons. The first-order valence-corrected chi connectivity index (χ1v) is 11.8. The van der Waals surface area contributed by atoms with Gasteiger partial charge in [-0.15, -0.1) is 0 Å². The quantitative estimate of drug-likeness (QED) is 0.266. The number of nitrogens with one attached hydrogen (secondary N) is 2. The lowest BCUT2D eigenvalue weighted by Crippen LogP contribution is -2.38. The predicted molar refractivity (Wildman–Crippen MR) is 139 cm³/mol. The number of halogens is 2. The highest BCUT2D eigenvalue weighted by atomic mass is 35.5. The van der Waals surface area contributed by atoms with Gasteiger partial charge in [-0.3, -0.25) is 9.59 Å². The average Bonchev–Trinajstić information content (AvgIpc) is 3.16. The Morgan fingerprint density at radius 3 is 2.51 bits per heavy atom. The lowest BCUT2D eigenvalue weighted by Gasteiger charge is -2.14. The van der Waals surface area contributed by atoms with E-state index in [-0.39, 0.29) is 40.1 Å². The molecule has 10 nitrogen and oxygen atoms in total. The van der Waals surface area contributed by atoms with E-state index >= 15 is 0 Å². The van der Waals surface area contributed by atoms with E-state index in [1.807, 2.05) is 0 Å². The second-order valence-electron chi connectivity index (χ2n) is 8.23. The molecule has 0 saturated carbocycles. The number of rotatable bonds is 9. The van der Waals surface area contributed by atoms with Crippen LogP contribution in [0.1, 0.15) is 21.5 Å². The molecule has 4 rings (SSSR count). The Bertz CT molecular complexity index is 1490. The first kappa shape index (κ1) is 27.1. The molecule has 0 aromatic heterocycles. The number of imide groups is 1. The normalized spacial score (nSPS) is 13.8. The van der Waals surface area contributed by atoms with E-state index in [0.29, 0.717) is 16.0 Å². The van der Waals surface area contributed by atoms with Crippen LogP contribution in [0.15, 0.2) is 66.4 Å². The summed E-state index contributed by atoms with van der Waals surface area (Å²) >= 11 is 6.41. The number of carboxylic acids is 1. The number of carboxylic acid groups (broad SMARTS) is 1. The third-order valence-corrected chi connectivity index (χ3v) is 5.84. The summed E-state index contributed by atoms with van der Waals surface area (Å²) in [5.74, 6) is -2.75. The van der Waals surface area contributed by atoms with Gasteiger partial charge in [-0.05, 0) is 53.6 Å². The number of aromatic carboxylic acids is 1. The van der Waals surface area contributed by atoms with Crippen LogP contribution in [-0.2, 0) is 16.2 Å². The zero-order valence-electron chi connectivity index (χ0n) is 20.4. The molecule has 0 bridgehead atoms. The number of benzene rings is 3. The maximum absolute atomic E-state index is 13.8. The summed E-state index contributed by atoms with van der Waals surface area (Å²) < 4.78 is 24.9. The van der Waals surface area contributed by atoms with Crippen molar-refractivity contribution in [1.29, 1.82) is 0 Å². The number of para-hydroxylation sites is 1. The molecule has 12 heteroatoms. The summed E-state index contributed by atoms with van der Waals surface area (Å²) in [6.45, 7) is -0.546. The number of carbonyl (C=O) groups is 4. The van der Waals surface area contributed by atoms with Crippen LogP contribution in [0.25, 0.3) is 6.08 Å². The number of methoxy groups -OCH3 is 1. The fourth-order valence-corrected chi connectivity index (χ4v) is 3.91. The van der Waals surface area contributed by atoms with Crippen LogP contribution >= 0.6 is 11.6 Å². The third-order valence-electron chi connectivity index (χ3n) is 5.56. The van der Waals surface area contributed by atoms with E-state index in [0.717, 1.165) is 0 Å². The SMILES string of the molecule is COc1cc(C=C2NC(=O)N(CC(=O)Nc3ccccc3F)C2=O)cc(Cl)c1OCc1ccc(C(=O)O)cc1. The molecule has 3 aromatic rings. The molecule has 4 amide bonds. The van der Waals surface area contributed by atoms with E-state index in [1.54, 1.807) is 12.1 Å².